The summed E-state index contributed by atoms with van der Waals surface area (Å²) in [4.78, 5) is 2.85. The lowest BCUT2D eigenvalue weighted by molar-refractivity contribution is 0.0631. The summed E-state index contributed by atoms with van der Waals surface area (Å²) in [6.07, 6.45) is 9.84. The van der Waals surface area contributed by atoms with Gasteiger partial charge < -0.3 is 5.73 Å². The molecule has 0 aromatic rings. The molecule has 0 aliphatic heterocycles. The summed E-state index contributed by atoms with van der Waals surface area (Å²) in [6.45, 7) is 9.23. The summed E-state index contributed by atoms with van der Waals surface area (Å²) in [7, 11) is 0. The molecule has 0 aromatic heterocycles. The lowest BCUT2D eigenvalue weighted by Gasteiger charge is -2.43. The second-order valence-electron chi connectivity index (χ2n) is 7.35. The molecule has 3 atom stereocenters. The average molecular weight is 266 g/mol. The summed E-state index contributed by atoms with van der Waals surface area (Å²) >= 11 is 0. The summed E-state index contributed by atoms with van der Waals surface area (Å²) in [5, 5.41) is 0. The van der Waals surface area contributed by atoms with Crippen molar-refractivity contribution in [2.24, 2.45) is 23.5 Å². The summed E-state index contributed by atoms with van der Waals surface area (Å²) < 4.78 is 0. The van der Waals surface area contributed by atoms with Crippen molar-refractivity contribution in [3.8, 4) is 0 Å². The molecule has 2 N–H and O–H groups in total. The minimum Gasteiger partial charge on any atom is -0.330 e. The molecule has 3 unspecified atom stereocenters. The van der Waals surface area contributed by atoms with Gasteiger partial charge in [0.15, 0.2) is 0 Å². The average Bonchev–Trinajstić information content (AvgIpc) is 3.20. The first kappa shape index (κ1) is 15.3. The molecule has 2 saturated carbocycles. The Labute approximate surface area is 120 Å². The van der Waals surface area contributed by atoms with Crippen LogP contribution in [0.25, 0.3) is 0 Å². The second-order valence-corrected chi connectivity index (χ2v) is 7.35. The molecule has 2 nitrogen and oxygen atoms in total. The fraction of sp³-hybridized carbons (Fsp3) is 1.00. The van der Waals surface area contributed by atoms with Crippen LogP contribution >= 0.6 is 0 Å². The van der Waals surface area contributed by atoms with E-state index in [2.05, 4.69) is 25.7 Å². The second kappa shape index (κ2) is 7.08. The van der Waals surface area contributed by atoms with Crippen molar-refractivity contribution in [1.29, 1.82) is 0 Å². The summed E-state index contributed by atoms with van der Waals surface area (Å²) in [6, 6.07) is 1.67. The largest absolute Gasteiger partial charge is 0.330 e. The van der Waals surface area contributed by atoms with Gasteiger partial charge in [0.25, 0.3) is 0 Å². The van der Waals surface area contributed by atoms with E-state index < -0.39 is 0 Å². The molecule has 0 radical (unpaired) electrons. The van der Waals surface area contributed by atoms with Crippen LogP contribution in [0.15, 0.2) is 0 Å². The number of rotatable bonds is 7. The first-order valence-corrected chi connectivity index (χ1v) is 8.61. The number of nitrogens with zero attached hydrogens (tertiary/aromatic N) is 1. The smallest absolute Gasteiger partial charge is 0.0141 e. The highest BCUT2D eigenvalue weighted by Crippen LogP contribution is 2.39. The van der Waals surface area contributed by atoms with E-state index in [0.29, 0.717) is 0 Å². The van der Waals surface area contributed by atoms with Gasteiger partial charge in [0.2, 0.25) is 0 Å². The quantitative estimate of drug-likeness (QED) is 0.762. The Hall–Kier alpha value is -0.0800. The Bertz CT molecular complexity index is 260. The van der Waals surface area contributed by atoms with Crippen LogP contribution in [-0.4, -0.2) is 30.1 Å². The molecule has 0 aromatic carbocycles. The van der Waals surface area contributed by atoms with Gasteiger partial charge in [-0.05, 0) is 50.0 Å². The van der Waals surface area contributed by atoms with Crippen molar-refractivity contribution in [2.75, 3.05) is 13.1 Å². The Kier molecular flexibility index (Phi) is 5.70. The topological polar surface area (TPSA) is 29.3 Å². The molecule has 112 valence electrons. The van der Waals surface area contributed by atoms with Crippen LogP contribution in [0.1, 0.15) is 65.7 Å². The third kappa shape index (κ3) is 4.19. The highest BCUT2D eigenvalue weighted by Gasteiger charge is 2.40. The molecule has 2 fully saturated rings. The predicted octanol–water partition coefficient (Wildman–Crippen LogP) is 3.65. The SMILES string of the molecule is CCCC1CCC(CN)C(N(CC(C)C)C2CC2)C1. The van der Waals surface area contributed by atoms with Crippen LogP contribution in [0.2, 0.25) is 0 Å². The van der Waals surface area contributed by atoms with E-state index in [1.54, 1.807) is 0 Å². The van der Waals surface area contributed by atoms with Crippen molar-refractivity contribution >= 4 is 0 Å². The zero-order valence-corrected chi connectivity index (χ0v) is 13.3. The molecule has 2 rings (SSSR count). The van der Waals surface area contributed by atoms with E-state index in [4.69, 9.17) is 5.73 Å². The fourth-order valence-electron chi connectivity index (χ4n) is 4.03. The van der Waals surface area contributed by atoms with Crippen LogP contribution < -0.4 is 5.73 Å². The first-order valence-electron chi connectivity index (χ1n) is 8.61. The van der Waals surface area contributed by atoms with Gasteiger partial charge in [0.05, 0.1) is 0 Å². The van der Waals surface area contributed by atoms with Crippen LogP contribution in [0.3, 0.4) is 0 Å². The van der Waals surface area contributed by atoms with Crippen LogP contribution in [0.5, 0.6) is 0 Å². The number of hydrogen-bond acceptors (Lipinski definition) is 2. The summed E-state index contributed by atoms with van der Waals surface area (Å²) in [5.74, 6) is 2.50. The normalized spacial score (nSPS) is 32.2. The standard InChI is InChI=1S/C17H34N2/c1-4-5-14-6-7-15(11-18)17(10-14)19(12-13(2)3)16-8-9-16/h13-17H,4-12,18H2,1-3H3. The zero-order chi connectivity index (χ0) is 13.8. The van der Waals surface area contributed by atoms with E-state index in [0.717, 1.165) is 36.4 Å². The van der Waals surface area contributed by atoms with E-state index in [1.807, 2.05) is 0 Å². The van der Waals surface area contributed by atoms with Gasteiger partial charge in [-0.1, -0.05) is 40.0 Å². The van der Waals surface area contributed by atoms with Crippen molar-refractivity contribution in [1.82, 2.24) is 4.90 Å². The van der Waals surface area contributed by atoms with E-state index in [1.165, 1.54) is 51.5 Å². The zero-order valence-electron chi connectivity index (χ0n) is 13.3. The van der Waals surface area contributed by atoms with Crippen molar-refractivity contribution in [2.45, 2.75) is 77.8 Å². The monoisotopic (exact) mass is 266 g/mol. The Morgan fingerprint density at radius 1 is 1.16 bits per heavy atom. The summed E-state index contributed by atoms with van der Waals surface area (Å²) in [5.41, 5.74) is 6.08. The lowest BCUT2D eigenvalue weighted by Crippen LogP contribution is -2.49. The van der Waals surface area contributed by atoms with Crippen LogP contribution in [0, 0.1) is 17.8 Å². The maximum atomic E-state index is 6.08. The third-order valence-corrected chi connectivity index (χ3v) is 5.08. The highest BCUT2D eigenvalue weighted by atomic mass is 15.2. The molecule has 0 heterocycles. The Morgan fingerprint density at radius 2 is 1.89 bits per heavy atom. The van der Waals surface area contributed by atoms with Gasteiger partial charge in [-0.25, -0.2) is 0 Å². The van der Waals surface area contributed by atoms with E-state index in [9.17, 15) is 0 Å². The number of hydrogen-bond donors (Lipinski definition) is 1. The third-order valence-electron chi connectivity index (χ3n) is 5.08. The molecule has 19 heavy (non-hydrogen) atoms. The lowest BCUT2D eigenvalue weighted by atomic mass is 9.75. The predicted molar refractivity (Wildman–Crippen MR) is 83.1 cm³/mol. The molecule has 0 bridgehead atoms. The maximum absolute atomic E-state index is 6.08. The fourth-order valence-corrected chi connectivity index (χ4v) is 4.03. The van der Waals surface area contributed by atoms with Crippen LogP contribution in [-0.2, 0) is 0 Å². The highest BCUT2D eigenvalue weighted by molar-refractivity contribution is 4.95. The van der Waals surface area contributed by atoms with Gasteiger partial charge in [0.1, 0.15) is 0 Å². The Morgan fingerprint density at radius 3 is 2.42 bits per heavy atom. The van der Waals surface area contributed by atoms with Crippen molar-refractivity contribution in [3.63, 3.8) is 0 Å². The maximum Gasteiger partial charge on any atom is 0.0141 e. The van der Waals surface area contributed by atoms with Crippen LogP contribution in [0.4, 0.5) is 0 Å². The van der Waals surface area contributed by atoms with Gasteiger partial charge in [-0.3, -0.25) is 4.90 Å². The van der Waals surface area contributed by atoms with E-state index in [-0.39, 0.29) is 0 Å². The Balaban J connectivity index is 2.01. The van der Waals surface area contributed by atoms with Gasteiger partial charge >= 0.3 is 0 Å². The van der Waals surface area contributed by atoms with Gasteiger partial charge in [0, 0.05) is 18.6 Å². The number of nitrogens with two attached hydrogens (primary N) is 1. The molecule has 2 aliphatic carbocycles. The van der Waals surface area contributed by atoms with Crippen molar-refractivity contribution < 1.29 is 0 Å². The first-order chi connectivity index (χ1) is 9.15. The molecule has 2 heteroatoms. The molecular weight excluding hydrogens is 232 g/mol. The molecule has 2 aliphatic rings. The van der Waals surface area contributed by atoms with E-state index >= 15 is 0 Å². The minimum atomic E-state index is 0.757. The minimum absolute atomic E-state index is 0.757. The molecule has 0 amide bonds. The van der Waals surface area contributed by atoms with Crippen molar-refractivity contribution in [3.05, 3.63) is 0 Å². The van der Waals surface area contributed by atoms with Gasteiger partial charge in [-0.2, -0.15) is 0 Å². The molecule has 0 spiro atoms. The van der Waals surface area contributed by atoms with Gasteiger partial charge in [-0.15, -0.1) is 0 Å². The molecule has 0 saturated heterocycles. The molecular formula is C17H34N2.